The second-order valence-electron chi connectivity index (χ2n) is 6.39. The summed E-state index contributed by atoms with van der Waals surface area (Å²) in [5.41, 5.74) is 1.70. The van der Waals surface area contributed by atoms with Gasteiger partial charge in [0.25, 0.3) is 0 Å². The van der Waals surface area contributed by atoms with Crippen molar-refractivity contribution in [1.29, 1.82) is 0 Å². The van der Waals surface area contributed by atoms with Crippen LogP contribution in [0.15, 0.2) is 0 Å². The van der Waals surface area contributed by atoms with E-state index in [0.29, 0.717) is 11.6 Å². The average molecular weight is 368 g/mol. The van der Waals surface area contributed by atoms with Crippen LogP contribution in [-0.4, -0.2) is 60.2 Å². The van der Waals surface area contributed by atoms with Crippen LogP contribution in [0.25, 0.3) is 0 Å². The van der Waals surface area contributed by atoms with Crippen molar-refractivity contribution in [3.8, 4) is 0 Å². The van der Waals surface area contributed by atoms with Crippen LogP contribution in [-0.2, 0) is 11.2 Å². The van der Waals surface area contributed by atoms with Gasteiger partial charge in [-0.1, -0.05) is 6.92 Å². The molecule has 1 N–H and O–H groups in total. The molecule has 0 bridgehead atoms. The number of rotatable bonds is 3. The van der Waals surface area contributed by atoms with Gasteiger partial charge in [-0.3, -0.25) is 4.90 Å². The Labute approximate surface area is 153 Å². The number of nitrogens with one attached hydrogen (secondary N) is 1. The summed E-state index contributed by atoms with van der Waals surface area (Å²) in [6.45, 7) is 8.31. The number of hydrogen-bond donors (Lipinski definition) is 1. The lowest BCUT2D eigenvalue weighted by atomic mass is 10.1. The Morgan fingerprint density at radius 2 is 2.21 bits per heavy atom. The molecular formula is C17H25N3O2S2. The Kier molecular flexibility index (Phi) is 5.42. The van der Waals surface area contributed by atoms with Gasteiger partial charge in [-0.25, -0.2) is 4.79 Å². The van der Waals surface area contributed by atoms with Gasteiger partial charge in [-0.15, -0.1) is 11.3 Å². The second kappa shape index (κ2) is 7.37. The van der Waals surface area contributed by atoms with E-state index in [9.17, 15) is 4.79 Å². The van der Waals surface area contributed by atoms with Crippen molar-refractivity contribution in [2.45, 2.75) is 39.2 Å². The van der Waals surface area contributed by atoms with Crippen LogP contribution in [0.3, 0.4) is 0 Å². The highest BCUT2D eigenvalue weighted by molar-refractivity contribution is 7.80. The SMILES string of the molecule is CCc1c(C)sc(NC(=S)N2CCN3CCCC3C2)c1C(=O)OC. The average Bonchev–Trinajstić information content (AvgIpc) is 3.16. The summed E-state index contributed by atoms with van der Waals surface area (Å²) in [6.07, 6.45) is 3.35. The fourth-order valence-corrected chi connectivity index (χ4v) is 5.23. The topological polar surface area (TPSA) is 44.8 Å². The number of thiocarbonyl (C=S) groups is 1. The third kappa shape index (κ3) is 3.30. The molecule has 0 spiro atoms. The number of hydrogen-bond acceptors (Lipinski definition) is 5. The number of nitrogens with zero attached hydrogens (tertiary/aromatic N) is 2. The zero-order valence-corrected chi connectivity index (χ0v) is 16.2. The number of anilines is 1. The van der Waals surface area contributed by atoms with Crippen molar-refractivity contribution in [2.24, 2.45) is 0 Å². The Morgan fingerprint density at radius 3 is 2.92 bits per heavy atom. The van der Waals surface area contributed by atoms with Crippen LogP contribution in [0.5, 0.6) is 0 Å². The van der Waals surface area contributed by atoms with Crippen LogP contribution >= 0.6 is 23.6 Å². The fraction of sp³-hybridized carbons (Fsp3) is 0.647. The number of fused-ring (bicyclic) bond motifs is 1. The predicted octanol–water partition coefficient (Wildman–Crippen LogP) is 2.88. The van der Waals surface area contributed by atoms with Crippen LogP contribution < -0.4 is 5.32 Å². The maximum absolute atomic E-state index is 12.2. The number of piperazine rings is 1. The molecule has 132 valence electrons. The summed E-state index contributed by atoms with van der Waals surface area (Å²) in [5.74, 6) is -0.290. The monoisotopic (exact) mass is 367 g/mol. The highest BCUT2D eigenvalue weighted by atomic mass is 32.1. The Hall–Kier alpha value is -1.18. The molecule has 1 atom stereocenters. The van der Waals surface area contributed by atoms with Crippen molar-refractivity contribution < 1.29 is 9.53 Å². The normalized spacial score (nSPS) is 20.8. The summed E-state index contributed by atoms with van der Waals surface area (Å²) < 4.78 is 4.98. The summed E-state index contributed by atoms with van der Waals surface area (Å²) in [4.78, 5) is 18.2. The fourth-order valence-electron chi connectivity index (χ4n) is 3.76. The highest BCUT2D eigenvalue weighted by Gasteiger charge is 2.32. The van der Waals surface area contributed by atoms with Gasteiger partial charge in [0.05, 0.1) is 12.7 Å². The first-order valence-corrected chi connectivity index (χ1v) is 9.78. The zero-order valence-electron chi connectivity index (χ0n) is 14.6. The quantitative estimate of drug-likeness (QED) is 0.655. The summed E-state index contributed by atoms with van der Waals surface area (Å²) >= 11 is 7.22. The molecule has 3 rings (SSSR count). The third-order valence-electron chi connectivity index (χ3n) is 5.05. The summed E-state index contributed by atoms with van der Waals surface area (Å²) in [5, 5.41) is 4.86. The van der Waals surface area contributed by atoms with Gasteiger partial charge in [-0.05, 0) is 50.5 Å². The van der Waals surface area contributed by atoms with Gasteiger partial charge < -0.3 is 15.0 Å². The Morgan fingerprint density at radius 1 is 1.42 bits per heavy atom. The van der Waals surface area contributed by atoms with E-state index < -0.39 is 0 Å². The molecular weight excluding hydrogens is 342 g/mol. The van der Waals surface area contributed by atoms with E-state index in [1.807, 2.05) is 6.92 Å². The molecule has 2 aliphatic rings. The lowest BCUT2D eigenvalue weighted by Gasteiger charge is -2.38. The minimum absolute atomic E-state index is 0.290. The first-order valence-electron chi connectivity index (χ1n) is 8.55. The standard InChI is InChI=1S/C17H25N3O2S2/c1-4-13-11(2)24-15(14(13)16(21)22-3)18-17(23)20-9-8-19-7-5-6-12(19)10-20/h12H,4-10H2,1-3H3,(H,18,23). The number of methoxy groups -OCH3 is 1. The molecule has 0 aromatic carbocycles. The molecule has 0 radical (unpaired) electrons. The van der Waals surface area contributed by atoms with Crippen LogP contribution in [0.2, 0.25) is 0 Å². The number of ether oxygens (including phenoxy) is 1. The van der Waals surface area contributed by atoms with Crippen molar-refractivity contribution >= 4 is 39.6 Å². The molecule has 0 saturated carbocycles. The van der Waals surface area contributed by atoms with Crippen molar-refractivity contribution in [3.05, 3.63) is 16.0 Å². The molecule has 3 heterocycles. The molecule has 0 amide bonds. The largest absolute Gasteiger partial charge is 0.465 e. The number of carbonyl (C=O) groups is 1. The molecule has 7 heteroatoms. The zero-order chi connectivity index (χ0) is 17.3. The lowest BCUT2D eigenvalue weighted by Crippen LogP contribution is -2.53. The molecule has 1 aromatic heterocycles. The van der Waals surface area contributed by atoms with Gasteiger partial charge in [0, 0.05) is 30.6 Å². The van der Waals surface area contributed by atoms with E-state index in [1.54, 1.807) is 11.3 Å². The minimum Gasteiger partial charge on any atom is -0.465 e. The van der Waals surface area contributed by atoms with Gasteiger partial charge in [0.2, 0.25) is 0 Å². The van der Waals surface area contributed by atoms with E-state index in [0.717, 1.165) is 46.6 Å². The Balaban J connectivity index is 1.75. The lowest BCUT2D eigenvalue weighted by molar-refractivity contribution is 0.0601. The van der Waals surface area contributed by atoms with Crippen molar-refractivity contribution in [3.63, 3.8) is 0 Å². The molecule has 0 aliphatic carbocycles. The maximum Gasteiger partial charge on any atom is 0.341 e. The second-order valence-corrected chi connectivity index (χ2v) is 8.01. The smallest absolute Gasteiger partial charge is 0.341 e. The minimum atomic E-state index is -0.290. The molecule has 1 aromatic rings. The maximum atomic E-state index is 12.2. The summed E-state index contributed by atoms with van der Waals surface area (Å²) in [6, 6.07) is 0.620. The van der Waals surface area contributed by atoms with Crippen LogP contribution in [0, 0.1) is 6.92 Å². The molecule has 1 unspecified atom stereocenters. The van der Waals surface area contributed by atoms with Gasteiger partial charge in [-0.2, -0.15) is 0 Å². The molecule has 2 saturated heterocycles. The first-order chi connectivity index (χ1) is 11.5. The number of aryl methyl sites for hydroxylation is 1. The van der Waals surface area contributed by atoms with Crippen LogP contribution in [0.1, 0.15) is 40.6 Å². The van der Waals surface area contributed by atoms with E-state index >= 15 is 0 Å². The van der Waals surface area contributed by atoms with Crippen molar-refractivity contribution in [2.75, 3.05) is 38.6 Å². The Bertz CT molecular complexity index is 644. The number of carbonyl (C=O) groups excluding carboxylic acids is 1. The van der Waals surface area contributed by atoms with E-state index in [2.05, 4.69) is 22.0 Å². The highest BCUT2D eigenvalue weighted by Crippen LogP contribution is 2.34. The van der Waals surface area contributed by atoms with E-state index in [4.69, 9.17) is 17.0 Å². The molecule has 2 fully saturated rings. The van der Waals surface area contributed by atoms with E-state index in [-0.39, 0.29) is 5.97 Å². The number of esters is 1. The van der Waals surface area contributed by atoms with Crippen LogP contribution in [0.4, 0.5) is 5.00 Å². The first kappa shape index (κ1) is 17.6. The predicted molar refractivity (Wildman–Crippen MR) is 102 cm³/mol. The molecule has 5 nitrogen and oxygen atoms in total. The summed E-state index contributed by atoms with van der Waals surface area (Å²) in [7, 11) is 1.43. The van der Waals surface area contributed by atoms with Gasteiger partial charge >= 0.3 is 5.97 Å². The molecule has 2 aliphatic heterocycles. The van der Waals surface area contributed by atoms with E-state index in [1.165, 1.54) is 26.5 Å². The third-order valence-corrected chi connectivity index (χ3v) is 6.47. The van der Waals surface area contributed by atoms with Gasteiger partial charge in [0.15, 0.2) is 5.11 Å². The van der Waals surface area contributed by atoms with Gasteiger partial charge in [0.1, 0.15) is 5.00 Å². The number of thiophene rings is 1. The molecule has 24 heavy (non-hydrogen) atoms. The van der Waals surface area contributed by atoms with Crippen molar-refractivity contribution in [1.82, 2.24) is 9.80 Å².